The number of para-hydroxylation sites is 2. The summed E-state index contributed by atoms with van der Waals surface area (Å²) in [6.07, 6.45) is 0. The van der Waals surface area contributed by atoms with E-state index in [1.54, 1.807) is 48.5 Å². The number of aromatic carboxylic acids is 2. The molecule has 0 heterocycles. The molecule has 8 heteroatoms. The van der Waals surface area contributed by atoms with Crippen molar-refractivity contribution in [3.8, 4) is 45.3 Å². The minimum Gasteiger partial charge on any atom is -0.507 e. The Morgan fingerprint density at radius 3 is 1.26 bits per heavy atom. The third kappa shape index (κ3) is 4.46. The summed E-state index contributed by atoms with van der Waals surface area (Å²) >= 11 is 0. The summed E-state index contributed by atoms with van der Waals surface area (Å²) in [4.78, 5) is 33.4. The van der Waals surface area contributed by atoms with E-state index in [4.69, 9.17) is 20.0 Å². The molecule has 0 atom stereocenters. The summed E-state index contributed by atoms with van der Waals surface area (Å²) in [5.74, 6) is -2.29. The van der Waals surface area contributed by atoms with Crippen molar-refractivity contribution in [2.24, 2.45) is 0 Å². The second-order valence-corrected chi connectivity index (χ2v) is 7.23. The van der Waals surface area contributed by atoms with Crippen LogP contribution in [0.25, 0.3) is 22.3 Å². The van der Waals surface area contributed by atoms with Crippen LogP contribution in [0.5, 0.6) is 23.0 Å². The molecule has 8 nitrogen and oxygen atoms in total. The molecule has 0 unspecified atom stereocenters. The summed E-state index contributed by atoms with van der Waals surface area (Å²) in [5.41, 5.74) is 1.50. The highest BCUT2D eigenvalue weighted by atomic mass is 17.2. The maximum Gasteiger partial charge on any atom is 0.335 e. The van der Waals surface area contributed by atoms with E-state index in [9.17, 15) is 19.8 Å². The molecule has 0 amide bonds. The molecule has 0 radical (unpaired) electrons. The maximum absolute atomic E-state index is 11.1. The lowest BCUT2D eigenvalue weighted by Crippen LogP contribution is -2.03. The van der Waals surface area contributed by atoms with E-state index in [1.165, 1.54) is 24.3 Å². The quantitative estimate of drug-likeness (QED) is 0.219. The third-order valence-electron chi connectivity index (χ3n) is 5.07. The second kappa shape index (κ2) is 9.25. The Morgan fingerprint density at radius 2 is 0.912 bits per heavy atom. The molecule has 0 spiro atoms. The molecular formula is C26H18O8. The Kier molecular flexibility index (Phi) is 6.05. The fourth-order valence-electron chi connectivity index (χ4n) is 3.40. The van der Waals surface area contributed by atoms with Crippen molar-refractivity contribution in [3.63, 3.8) is 0 Å². The van der Waals surface area contributed by atoms with E-state index in [0.717, 1.165) is 12.1 Å². The monoisotopic (exact) mass is 458 g/mol. The Bertz CT molecular complexity index is 1290. The van der Waals surface area contributed by atoms with Gasteiger partial charge in [-0.1, -0.05) is 36.4 Å². The lowest BCUT2D eigenvalue weighted by atomic mass is 10.0. The molecule has 0 aromatic heterocycles. The number of benzene rings is 4. The maximum atomic E-state index is 11.1. The second-order valence-electron chi connectivity index (χ2n) is 7.23. The summed E-state index contributed by atoms with van der Waals surface area (Å²) in [6.45, 7) is 0. The zero-order valence-corrected chi connectivity index (χ0v) is 17.5. The van der Waals surface area contributed by atoms with E-state index in [-0.39, 0.29) is 34.1 Å². The van der Waals surface area contributed by atoms with Crippen molar-refractivity contribution in [2.45, 2.75) is 0 Å². The molecule has 0 bridgehead atoms. The van der Waals surface area contributed by atoms with Gasteiger partial charge in [-0.05, 0) is 48.5 Å². The molecule has 4 N–H and O–H groups in total. The summed E-state index contributed by atoms with van der Waals surface area (Å²) in [7, 11) is 0. The number of carbonyl (C=O) groups is 2. The molecule has 170 valence electrons. The smallest absolute Gasteiger partial charge is 0.335 e. The van der Waals surface area contributed by atoms with Gasteiger partial charge in [0.2, 0.25) is 0 Å². The van der Waals surface area contributed by atoms with Gasteiger partial charge in [0.15, 0.2) is 11.5 Å². The SMILES string of the molecule is O=C(O)c1ccc(-c2ccccc2OOc2ccccc2-c2ccc(C(=O)O)cc2O)c(O)c1. The van der Waals surface area contributed by atoms with Crippen LogP contribution in [0, 0.1) is 0 Å². The lowest BCUT2D eigenvalue weighted by molar-refractivity contribution is -0.0987. The number of carboxylic acid groups (broad SMARTS) is 2. The molecule has 4 rings (SSSR count). The minimum atomic E-state index is -1.16. The first-order chi connectivity index (χ1) is 16.3. The Labute approximate surface area is 193 Å². The van der Waals surface area contributed by atoms with Gasteiger partial charge in [0.1, 0.15) is 11.5 Å². The number of carboxylic acids is 2. The number of hydrogen-bond donors (Lipinski definition) is 4. The molecule has 0 saturated heterocycles. The number of phenolic OH excluding ortho intramolecular Hbond substituents is 2. The van der Waals surface area contributed by atoms with Crippen LogP contribution in [0.3, 0.4) is 0 Å². The normalized spacial score (nSPS) is 10.5. The zero-order chi connectivity index (χ0) is 24.2. The fourth-order valence-corrected chi connectivity index (χ4v) is 3.40. The first-order valence-corrected chi connectivity index (χ1v) is 10.0. The fraction of sp³-hybridized carbons (Fsp3) is 0. The minimum absolute atomic E-state index is 0.0569. The summed E-state index contributed by atoms with van der Waals surface area (Å²) in [5, 5.41) is 38.9. The van der Waals surface area contributed by atoms with Crippen molar-refractivity contribution in [1.29, 1.82) is 0 Å². The largest absolute Gasteiger partial charge is 0.507 e. The number of phenols is 2. The topological polar surface area (TPSA) is 134 Å². The third-order valence-corrected chi connectivity index (χ3v) is 5.07. The van der Waals surface area contributed by atoms with E-state index >= 15 is 0 Å². The zero-order valence-electron chi connectivity index (χ0n) is 17.5. The number of hydrogen-bond acceptors (Lipinski definition) is 6. The first kappa shape index (κ1) is 22.2. The Balaban J connectivity index is 1.65. The van der Waals surface area contributed by atoms with Gasteiger partial charge in [-0.25, -0.2) is 9.59 Å². The van der Waals surface area contributed by atoms with Crippen LogP contribution in [-0.2, 0) is 0 Å². The summed E-state index contributed by atoms with van der Waals surface area (Å²) in [6, 6.07) is 21.4. The number of rotatable bonds is 7. The average molecular weight is 458 g/mol. The van der Waals surface area contributed by atoms with Gasteiger partial charge in [0, 0.05) is 22.3 Å². The predicted octanol–water partition coefficient (Wildman–Crippen LogP) is 5.20. The van der Waals surface area contributed by atoms with Gasteiger partial charge < -0.3 is 20.4 Å². The molecule has 0 fully saturated rings. The molecule has 0 saturated carbocycles. The molecule has 4 aromatic rings. The average Bonchev–Trinajstić information content (AvgIpc) is 2.83. The molecule has 0 aliphatic rings. The summed E-state index contributed by atoms with van der Waals surface area (Å²) < 4.78 is 0. The van der Waals surface area contributed by atoms with Crippen LogP contribution in [0.2, 0.25) is 0 Å². The van der Waals surface area contributed by atoms with Crippen molar-refractivity contribution in [2.75, 3.05) is 0 Å². The van der Waals surface area contributed by atoms with Crippen molar-refractivity contribution >= 4 is 11.9 Å². The van der Waals surface area contributed by atoms with Gasteiger partial charge in [-0.3, -0.25) is 9.78 Å². The van der Waals surface area contributed by atoms with Gasteiger partial charge in [-0.2, -0.15) is 0 Å². The van der Waals surface area contributed by atoms with Crippen molar-refractivity contribution < 1.29 is 39.8 Å². The van der Waals surface area contributed by atoms with Gasteiger partial charge in [-0.15, -0.1) is 0 Å². The van der Waals surface area contributed by atoms with E-state index in [1.807, 2.05) is 0 Å². The molecule has 4 aromatic carbocycles. The lowest BCUT2D eigenvalue weighted by Gasteiger charge is -2.14. The van der Waals surface area contributed by atoms with Gasteiger partial charge in [0.05, 0.1) is 11.1 Å². The first-order valence-electron chi connectivity index (χ1n) is 10.0. The van der Waals surface area contributed by atoms with E-state index in [2.05, 4.69) is 0 Å². The Morgan fingerprint density at radius 1 is 0.529 bits per heavy atom. The van der Waals surface area contributed by atoms with Crippen LogP contribution in [0.4, 0.5) is 0 Å². The molecule has 0 aliphatic carbocycles. The molecule has 0 aliphatic heterocycles. The molecule has 34 heavy (non-hydrogen) atoms. The van der Waals surface area contributed by atoms with Crippen molar-refractivity contribution in [1.82, 2.24) is 0 Å². The predicted molar refractivity (Wildman–Crippen MR) is 122 cm³/mol. The van der Waals surface area contributed by atoms with E-state index < -0.39 is 11.9 Å². The van der Waals surface area contributed by atoms with Crippen LogP contribution in [0.1, 0.15) is 20.7 Å². The van der Waals surface area contributed by atoms with E-state index in [0.29, 0.717) is 22.3 Å². The highest BCUT2D eigenvalue weighted by molar-refractivity contribution is 5.91. The Hall–Kier alpha value is -4.98. The number of aromatic hydroxyl groups is 2. The highest BCUT2D eigenvalue weighted by Crippen LogP contribution is 2.39. The highest BCUT2D eigenvalue weighted by Gasteiger charge is 2.17. The van der Waals surface area contributed by atoms with Gasteiger partial charge in [0.25, 0.3) is 0 Å². The van der Waals surface area contributed by atoms with Crippen molar-refractivity contribution in [3.05, 3.63) is 96.1 Å². The molecular weight excluding hydrogens is 440 g/mol. The van der Waals surface area contributed by atoms with Gasteiger partial charge >= 0.3 is 11.9 Å². The standard InChI is InChI=1S/C26H18O8/c27-21-13-15(25(29)30)9-11-17(21)19-5-1-3-7-23(19)33-34-24-8-4-2-6-20(24)18-12-10-16(26(31)32)14-22(18)28/h1-14,27-28H,(H,29,30)(H,31,32). The van der Waals surface area contributed by atoms with Crippen LogP contribution >= 0.6 is 0 Å². The van der Waals surface area contributed by atoms with Crippen LogP contribution in [-0.4, -0.2) is 32.4 Å². The van der Waals surface area contributed by atoms with Crippen LogP contribution in [0.15, 0.2) is 84.9 Å². The van der Waals surface area contributed by atoms with Crippen LogP contribution < -0.4 is 9.78 Å².